The quantitative estimate of drug-likeness (QED) is 0.767. The lowest BCUT2D eigenvalue weighted by molar-refractivity contribution is -0.122. The zero-order valence-corrected chi connectivity index (χ0v) is 18.3. The van der Waals surface area contributed by atoms with E-state index in [-0.39, 0.29) is 11.8 Å². The number of halogens is 1. The third-order valence-corrected chi connectivity index (χ3v) is 5.62. The Balaban J connectivity index is 1.71. The van der Waals surface area contributed by atoms with Crippen LogP contribution in [0.4, 0.5) is 0 Å². The maximum Gasteiger partial charge on any atom is 0.255 e. The highest BCUT2D eigenvalue weighted by Gasteiger charge is 2.26. The molecular weight excluding hydrogens is 420 g/mol. The summed E-state index contributed by atoms with van der Waals surface area (Å²) in [4.78, 5) is 28.9. The number of benzene rings is 1. The van der Waals surface area contributed by atoms with Crippen molar-refractivity contribution in [2.24, 2.45) is 0 Å². The molecule has 1 fully saturated rings. The smallest absolute Gasteiger partial charge is 0.255 e. The van der Waals surface area contributed by atoms with E-state index in [1.54, 1.807) is 0 Å². The number of piperazine rings is 1. The van der Waals surface area contributed by atoms with Crippen molar-refractivity contribution in [3.63, 3.8) is 0 Å². The molecule has 7 heteroatoms. The Bertz CT molecular complexity index is 869. The van der Waals surface area contributed by atoms with E-state index in [4.69, 9.17) is 0 Å². The molecule has 6 nitrogen and oxygen atoms in total. The number of carbonyl (C=O) groups excluding carboxylic acids is 2. The molecular formula is C21H27BrN4O2. The molecule has 2 aromatic rings. The highest BCUT2D eigenvalue weighted by Crippen LogP contribution is 2.24. The van der Waals surface area contributed by atoms with E-state index in [0.717, 1.165) is 27.1 Å². The fraction of sp³-hybridized carbons (Fsp3) is 0.429. The van der Waals surface area contributed by atoms with Gasteiger partial charge in [0.15, 0.2) is 0 Å². The van der Waals surface area contributed by atoms with Gasteiger partial charge in [-0.3, -0.25) is 14.5 Å². The monoisotopic (exact) mass is 446 g/mol. The van der Waals surface area contributed by atoms with Crippen LogP contribution in [0.3, 0.4) is 0 Å². The van der Waals surface area contributed by atoms with Crippen molar-refractivity contribution in [3.8, 4) is 5.69 Å². The summed E-state index contributed by atoms with van der Waals surface area (Å²) in [5.74, 6) is 0.104. The predicted octanol–water partition coefficient (Wildman–Crippen LogP) is 2.75. The summed E-state index contributed by atoms with van der Waals surface area (Å²) in [5.41, 5.74) is 3.77. The number of nitrogens with zero attached hydrogens (tertiary/aromatic N) is 3. The van der Waals surface area contributed by atoms with Gasteiger partial charge in [0.2, 0.25) is 5.91 Å². The van der Waals surface area contributed by atoms with Crippen molar-refractivity contribution < 1.29 is 9.59 Å². The molecule has 3 rings (SSSR count). The van der Waals surface area contributed by atoms with Gasteiger partial charge in [-0.15, -0.1) is 0 Å². The number of rotatable bonds is 5. The second-order valence-corrected chi connectivity index (χ2v) is 8.04. The van der Waals surface area contributed by atoms with Crippen LogP contribution in [0, 0.1) is 13.8 Å². The molecule has 2 amide bonds. The molecule has 1 aromatic heterocycles. The third-order valence-electron chi connectivity index (χ3n) is 5.13. The molecule has 0 saturated carbocycles. The minimum absolute atomic E-state index is 0.0415. The molecule has 150 valence electrons. The van der Waals surface area contributed by atoms with Crippen LogP contribution in [0.1, 0.15) is 28.7 Å². The first-order valence-corrected chi connectivity index (χ1v) is 10.4. The number of aryl methyl sites for hydroxylation is 1. The van der Waals surface area contributed by atoms with Crippen molar-refractivity contribution in [1.82, 2.24) is 19.7 Å². The third kappa shape index (κ3) is 4.47. The summed E-state index contributed by atoms with van der Waals surface area (Å²) in [7, 11) is 0. The Morgan fingerprint density at radius 3 is 2.46 bits per heavy atom. The van der Waals surface area contributed by atoms with Crippen LogP contribution in [-0.4, -0.2) is 65.4 Å². The SMILES string of the molecule is CCNC(=O)CN1CCN(C(=O)c2cc(C)n(-c3cccc(Br)c3)c2C)CC1. The largest absolute Gasteiger partial charge is 0.355 e. The average molecular weight is 447 g/mol. The van der Waals surface area contributed by atoms with Gasteiger partial charge in [0.25, 0.3) is 5.91 Å². The van der Waals surface area contributed by atoms with Gasteiger partial charge in [0.1, 0.15) is 0 Å². The highest BCUT2D eigenvalue weighted by atomic mass is 79.9. The standard InChI is InChI=1S/C21H27BrN4O2/c1-4-23-20(27)14-24-8-10-25(11-9-24)21(28)19-12-15(2)26(16(19)3)18-7-5-6-17(22)13-18/h5-7,12-13H,4,8-11,14H2,1-3H3,(H,23,27). The first-order chi connectivity index (χ1) is 13.4. The average Bonchev–Trinajstić information content (AvgIpc) is 2.96. The van der Waals surface area contributed by atoms with Gasteiger partial charge >= 0.3 is 0 Å². The van der Waals surface area contributed by atoms with E-state index in [9.17, 15) is 9.59 Å². The van der Waals surface area contributed by atoms with Crippen LogP contribution in [-0.2, 0) is 4.79 Å². The second kappa shape index (κ2) is 8.92. The fourth-order valence-electron chi connectivity index (χ4n) is 3.73. The van der Waals surface area contributed by atoms with Crippen molar-refractivity contribution in [2.45, 2.75) is 20.8 Å². The summed E-state index contributed by atoms with van der Waals surface area (Å²) in [6.07, 6.45) is 0. The van der Waals surface area contributed by atoms with Crippen molar-refractivity contribution in [3.05, 3.63) is 51.8 Å². The van der Waals surface area contributed by atoms with Gasteiger partial charge in [-0.1, -0.05) is 22.0 Å². The lowest BCUT2D eigenvalue weighted by atomic mass is 10.2. The van der Waals surface area contributed by atoms with Gasteiger partial charge < -0.3 is 14.8 Å². The molecule has 0 unspecified atom stereocenters. The Hall–Kier alpha value is -2.12. The molecule has 1 aliphatic rings. The maximum absolute atomic E-state index is 13.1. The Morgan fingerprint density at radius 1 is 1.11 bits per heavy atom. The van der Waals surface area contributed by atoms with Crippen LogP contribution in [0.5, 0.6) is 0 Å². The first-order valence-electron chi connectivity index (χ1n) is 9.64. The first kappa shape index (κ1) is 20.6. The predicted molar refractivity (Wildman–Crippen MR) is 114 cm³/mol. The van der Waals surface area contributed by atoms with Gasteiger partial charge in [0, 0.05) is 54.3 Å². The van der Waals surface area contributed by atoms with Crippen molar-refractivity contribution in [1.29, 1.82) is 0 Å². The molecule has 1 aromatic carbocycles. The minimum Gasteiger partial charge on any atom is -0.355 e. The van der Waals surface area contributed by atoms with Gasteiger partial charge in [0.05, 0.1) is 12.1 Å². The number of likely N-dealkylation sites (N-methyl/N-ethyl adjacent to an activating group) is 1. The highest BCUT2D eigenvalue weighted by molar-refractivity contribution is 9.10. The van der Waals surface area contributed by atoms with Crippen LogP contribution < -0.4 is 5.32 Å². The zero-order valence-electron chi connectivity index (χ0n) is 16.7. The number of amides is 2. The number of hydrogen-bond acceptors (Lipinski definition) is 3. The molecule has 0 bridgehead atoms. The van der Waals surface area contributed by atoms with E-state index < -0.39 is 0 Å². The van der Waals surface area contributed by atoms with Crippen molar-refractivity contribution in [2.75, 3.05) is 39.3 Å². The molecule has 0 aliphatic carbocycles. The number of aromatic nitrogens is 1. The Kier molecular flexibility index (Phi) is 6.57. The maximum atomic E-state index is 13.1. The zero-order chi connectivity index (χ0) is 20.3. The van der Waals surface area contributed by atoms with E-state index in [2.05, 4.69) is 30.7 Å². The fourth-order valence-corrected chi connectivity index (χ4v) is 4.11. The minimum atomic E-state index is 0.0415. The molecule has 2 heterocycles. The van der Waals surface area contributed by atoms with Crippen LogP contribution >= 0.6 is 15.9 Å². The lowest BCUT2D eigenvalue weighted by Gasteiger charge is -2.34. The van der Waals surface area contributed by atoms with Crippen LogP contribution in [0.25, 0.3) is 5.69 Å². The molecule has 1 saturated heterocycles. The summed E-state index contributed by atoms with van der Waals surface area (Å²) < 4.78 is 3.12. The van der Waals surface area contributed by atoms with Crippen molar-refractivity contribution >= 4 is 27.7 Å². The summed E-state index contributed by atoms with van der Waals surface area (Å²) in [6.45, 7) is 9.68. The van der Waals surface area contributed by atoms with Crippen LogP contribution in [0.15, 0.2) is 34.8 Å². The Labute approximate surface area is 174 Å². The summed E-state index contributed by atoms with van der Waals surface area (Å²) in [5, 5.41) is 2.82. The van der Waals surface area contributed by atoms with Crippen LogP contribution in [0.2, 0.25) is 0 Å². The number of hydrogen-bond donors (Lipinski definition) is 1. The van der Waals surface area contributed by atoms with E-state index in [0.29, 0.717) is 39.3 Å². The molecule has 0 radical (unpaired) electrons. The lowest BCUT2D eigenvalue weighted by Crippen LogP contribution is -2.51. The normalized spacial score (nSPS) is 14.9. The number of carbonyl (C=O) groups is 2. The second-order valence-electron chi connectivity index (χ2n) is 7.12. The van der Waals surface area contributed by atoms with Gasteiger partial charge in [-0.05, 0) is 45.0 Å². The molecule has 0 atom stereocenters. The van der Waals surface area contributed by atoms with E-state index >= 15 is 0 Å². The number of nitrogens with one attached hydrogen (secondary N) is 1. The molecule has 1 aliphatic heterocycles. The molecule has 28 heavy (non-hydrogen) atoms. The van der Waals surface area contributed by atoms with Gasteiger partial charge in [-0.25, -0.2) is 0 Å². The van der Waals surface area contributed by atoms with E-state index in [1.807, 2.05) is 56.0 Å². The van der Waals surface area contributed by atoms with E-state index in [1.165, 1.54) is 0 Å². The molecule has 1 N–H and O–H groups in total. The molecule has 0 spiro atoms. The summed E-state index contributed by atoms with van der Waals surface area (Å²) >= 11 is 3.52. The summed E-state index contributed by atoms with van der Waals surface area (Å²) in [6, 6.07) is 10.0. The topological polar surface area (TPSA) is 57.6 Å². The Morgan fingerprint density at radius 2 is 1.82 bits per heavy atom. The van der Waals surface area contributed by atoms with Gasteiger partial charge in [-0.2, -0.15) is 0 Å².